The Bertz CT molecular complexity index is 219. The van der Waals surface area contributed by atoms with Crippen molar-refractivity contribution >= 4 is 5.91 Å². The summed E-state index contributed by atoms with van der Waals surface area (Å²) in [4.78, 5) is 13.3. The predicted molar refractivity (Wildman–Crippen MR) is 66.2 cm³/mol. The highest BCUT2D eigenvalue weighted by atomic mass is 16.3. The molecule has 0 heterocycles. The molecule has 0 aliphatic rings. The van der Waals surface area contributed by atoms with Crippen LogP contribution < -0.4 is 5.32 Å². The van der Waals surface area contributed by atoms with E-state index in [1.165, 1.54) is 0 Å². The summed E-state index contributed by atoms with van der Waals surface area (Å²) >= 11 is 0. The normalized spacial score (nSPS) is 14.6. The third kappa shape index (κ3) is 6.58. The first-order valence-electron chi connectivity index (χ1n) is 5.70. The number of aliphatic hydroxyl groups excluding tert-OH is 1. The fourth-order valence-corrected chi connectivity index (χ4v) is 1.63. The summed E-state index contributed by atoms with van der Waals surface area (Å²) in [7, 11) is 3.55. The average Bonchev–Trinajstić information content (AvgIpc) is 2.24. The van der Waals surface area contributed by atoms with Gasteiger partial charge in [0.2, 0.25) is 5.91 Å². The van der Waals surface area contributed by atoms with Crippen LogP contribution in [0.1, 0.15) is 19.8 Å². The van der Waals surface area contributed by atoms with Crippen molar-refractivity contribution in [3.63, 3.8) is 0 Å². The highest BCUT2D eigenvalue weighted by Gasteiger charge is 2.15. The van der Waals surface area contributed by atoms with Gasteiger partial charge >= 0.3 is 0 Å². The van der Waals surface area contributed by atoms with E-state index in [4.69, 9.17) is 0 Å². The Morgan fingerprint density at radius 2 is 2.19 bits per heavy atom. The predicted octanol–water partition coefficient (Wildman–Crippen LogP) is 0.627. The minimum atomic E-state index is -0.347. The first-order chi connectivity index (χ1) is 7.51. The molecule has 0 aromatic heterocycles. The third-order valence-electron chi connectivity index (χ3n) is 2.51. The third-order valence-corrected chi connectivity index (χ3v) is 2.51. The minimum Gasteiger partial charge on any atom is -0.392 e. The molecule has 16 heavy (non-hydrogen) atoms. The molecule has 0 bridgehead atoms. The first-order valence-corrected chi connectivity index (χ1v) is 5.70. The number of amides is 1. The van der Waals surface area contributed by atoms with Gasteiger partial charge in [0.25, 0.3) is 0 Å². The SMILES string of the molecule is C=CCCC(O)CN(C)CC(C)C(=O)NC. The van der Waals surface area contributed by atoms with Crippen LogP contribution in [-0.4, -0.2) is 49.2 Å². The topological polar surface area (TPSA) is 52.6 Å². The lowest BCUT2D eigenvalue weighted by Crippen LogP contribution is -2.37. The molecule has 1 amide bonds. The molecule has 4 heteroatoms. The maximum Gasteiger partial charge on any atom is 0.223 e. The lowest BCUT2D eigenvalue weighted by Gasteiger charge is -2.22. The van der Waals surface area contributed by atoms with E-state index >= 15 is 0 Å². The summed E-state index contributed by atoms with van der Waals surface area (Å²) in [5.74, 6) is -0.0194. The monoisotopic (exact) mass is 228 g/mol. The molecule has 0 spiro atoms. The molecule has 94 valence electrons. The number of nitrogens with one attached hydrogen (secondary N) is 1. The zero-order valence-corrected chi connectivity index (χ0v) is 10.6. The van der Waals surface area contributed by atoms with E-state index in [1.807, 2.05) is 18.9 Å². The van der Waals surface area contributed by atoms with Crippen molar-refractivity contribution in [2.45, 2.75) is 25.9 Å². The van der Waals surface area contributed by atoms with Crippen LogP contribution in [0.3, 0.4) is 0 Å². The fraction of sp³-hybridized carbons (Fsp3) is 0.750. The van der Waals surface area contributed by atoms with E-state index in [-0.39, 0.29) is 17.9 Å². The van der Waals surface area contributed by atoms with Gasteiger partial charge in [0.15, 0.2) is 0 Å². The highest BCUT2D eigenvalue weighted by Crippen LogP contribution is 2.03. The Kier molecular flexibility index (Phi) is 7.85. The van der Waals surface area contributed by atoms with Gasteiger partial charge in [-0.05, 0) is 19.9 Å². The van der Waals surface area contributed by atoms with Gasteiger partial charge in [-0.3, -0.25) is 4.79 Å². The fourth-order valence-electron chi connectivity index (χ4n) is 1.63. The van der Waals surface area contributed by atoms with E-state index in [0.717, 1.165) is 12.8 Å². The standard InChI is InChI=1S/C12H24N2O2/c1-5-6-7-11(15)9-14(4)8-10(2)12(16)13-3/h5,10-11,15H,1,6-9H2,2-4H3,(H,13,16). The maximum atomic E-state index is 11.3. The number of carbonyl (C=O) groups excluding carboxylic acids is 1. The molecule has 0 radical (unpaired) electrons. The molecule has 0 aliphatic heterocycles. The van der Waals surface area contributed by atoms with Gasteiger partial charge in [-0.2, -0.15) is 0 Å². The van der Waals surface area contributed by atoms with Crippen LogP contribution >= 0.6 is 0 Å². The molecule has 2 unspecified atom stereocenters. The summed E-state index contributed by atoms with van der Waals surface area (Å²) in [6.45, 7) is 6.75. The molecule has 0 fully saturated rings. The Morgan fingerprint density at radius 1 is 1.56 bits per heavy atom. The number of nitrogens with zero attached hydrogens (tertiary/aromatic N) is 1. The van der Waals surface area contributed by atoms with Crippen molar-refractivity contribution in [2.24, 2.45) is 5.92 Å². The van der Waals surface area contributed by atoms with E-state index in [9.17, 15) is 9.90 Å². The lowest BCUT2D eigenvalue weighted by molar-refractivity contribution is -0.124. The molecule has 0 saturated carbocycles. The number of allylic oxidation sites excluding steroid dienone is 1. The number of rotatable bonds is 8. The number of aliphatic hydroxyl groups is 1. The Labute approximate surface area is 98.3 Å². The smallest absolute Gasteiger partial charge is 0.223 e. The van der Waals surface area contributed by atoms with Gasteiger partial charge in [-0.1, -0.05) is 13.0 Å². The van der Waals surface area contributed by atoms with Crippen LogP contribution in [0.15, 0.2) is 12.7 Å². The molecule has 2 atom stereocenters. The van der Waals surface area contributed by atoms with Crippen molar-refractivity contribution in [2.75, 3.05) is 27.2 Å². The van der Waals surface area contributed by atoms with Crippen LogP contribution in [0.2, 0.25) is 0 Å². The second kappa shape index (κ2) is 8.30. The van der Waals surface area contributed by atoms with Gasteiger partial charge in [-0.15, -0.1) is 6.58 Å². The van der Waals surface area contributed by atoms with Crippen LogP contribution in [0.4, 0.5) is 0 Å². The van der Waals surface area contributed by atoms with Crippen LogP contribution in [-0.2, 0) is 4.79 Å². The van der Waals surface area contributed by atoms with Crippen LogP contribution in [0.25, 0.3) is 0 Å². The number of hydrogen-bond acceptors (Lipinski definition) is 3. The Morgan fingerprint density at radius 3 is 2.69 bits per heavy atom. The molecule has 0 rings (SSSR count). The summed E-state index contributed by atoms with van der Waals surface area (Å²) < 4.78 is 0. The minimum absolute atomic E-state index is 0.0347. The second-order valence-corrected chi connectivity index (χ2v) is 4.26. The quantitative estimate of drug-likeness (QED) is 0.599. The van der Waals surface area contributed by atoms with Crippen LogP contribution in [0.5, 0.6) is 0 Å². The largest absolute Gasteiger partial charge is 0.392 e. The Balaban J connectivity index is 3.83. The van der Waals surface area contributed by atoms with E-state index in [2.05, 4.69) is 11.9 Å². The van der Waals surface area contributed by atoms with Gasteiger partial charge < -0.3 is 15.3 Å². The average molecular weight is 228 g/mol. The Hall–Kier alpha value is -0.870. The van der Waals surface area contributed by atoms with Crippen molar-refractivity contribution in [3.05, 3.63) is 12.7 Å². The van der Waals surface area contributed by atoms with Gasteiger partial charge in [-0.25, -0.2) is 0 Å². The van der Waals surface area contributed by atoms with Gasteiger partial charge in [0, 0.05) is 26.1 Å². The molecular formula is C12H24N2O2. The highest BCUT2D eigenvalue weighted by molar-refractivity contribution is 5.78. The molecule has 0 aromatic carbocycles. The van der Waals surface area contributed by atoms with Gasteiger partial charge in [0.1, 0.15) is 0 Å². The molecule has 0 aromatic rings. The summed E-state index contributed by atoms with van der Waals surface area (Å²) in [6.07, 6.45) is 3.00. The zero-order valence-electron chi connectivity index (χ0n) is 10.6. The number of carbonyl (C=O) groups is 1. The van der Waals surface area contributed by atoms with E-state index in [1.54, 1.807) is 13.1 Å². The first kappa shape index (κ1) is 15.1. The van der Waals surface area contributed by atoms with Crippen molar-refractivity contribution in [3.8, 4) is 0 Å². The van der Waals surface area contributed by atoms with E-state index in [0.29, 0.717) is 13.1 Å². The summed E-state index contributed by atoms with van der Waals surface area (Å²) in [5, 5.41) is 12.3. The van der Waals surface area contributed by atoms with Gasteiger partial charge in [0.05, 0.1) is 6.10 Å². The van der Waals surface area contributed by atoms with Crippen LogP contribution in [0, 0.1) is 5.92 Å². The zero-order chi connectivity index (χ0) is 12.6. The molecule has 0 aliphatic carbocycles. The second-order valence-electron chi connectivity index (χ2n) is 4.26. The lowest BCUT2D eigenvalue weighted by atomic mass is 10.1. The van der Waals surface area contributed by atoms with E-state index < -0.39 is 0 Å². The molecule has 4 nitrogen and oxygen atoms in total. The molecular weight excluding hydrogens is 204 g/mol. The number of hydrogen-bond donors (Lipinski definition) is 2. The molecule has 0 saturated heterocycles. The maximum absolute atomic E-state index is 11.3. The molecule has 2 N–H and O–H groups in total. The van der Waals surface area contributed by atoms with Crippen molar-refractivity contribution < 1.29 is 9.90 Å². The summed E-state index contributed by atoms with van der Waals surface area (Å²) in [6, 6.07) is 0. The van der Waals surface area contributed by atoms with Crippen molar-refractivity contribution in [1.82, 2.24) is 10.2 Å². The van der Waals surface area contributed by atoms with Crippen molar-refractivity contribution in [1.29, 1.82) is 0 Å². The number of likely N-dealkylation sites (N-methyl/N-ethyl adjacent to an activating group) is 1. The summed E-state index contributed by atoms with van der Waals surface area (Å²) in [5.41, 5.74) is 0.